The van der Waals surface area contributed by atoms with Crippen molar-refractivity contribution >= 4 is 26.7 Å². The summed E-state index contributed by atoms with van der Waals surface area (Å²) in [6.07, 6.45) is 1.62. The van der Waals surface area contributed by atoms with E-state index >= 15 is 0 Å². The normalized spacial score (nSPS) is 20.4. The van der Waals surface area contributed by atoms with E-state index in [2.05, 4.69) is 18.2 Å². The second-order valence-electron chi connectivity index (χ2n) is 8.60. The van der Waals surface area contributed by atoms with Crippen LogP contribution in [0.15, 0.2) is 34.2 Å². The maximum Gasteiger partial charge on any atom is 0.285 e. The van der Waals surface area contributed by atoms with Crippen LogP contribution in [0.1, 0.15) is 64.5 Å². The van der Waals surface area contributed by atoms with Crippen molar-refractivity contribution in [2.75, 3.05) is 26.2 Å². The van der Waals surface area contributed by atoms with Gasteiger partial charge in [0.15, 0.2) is 0 Å². The Balaban J connectivity index is 1.84. The average Bonchev–Trinajstić information content (AvgIpc) is 2.87. The van der Waals surface area contributed by atoms with E-state index in [1.54, 1.807) is 0 Å². The number of amidine groups is 1. The summed E-state index contributed by atoms with van der Waals surface area (Å²) in [6, 6.07) is 7.72. The molecule has 1 atom stereocenters. The molecule has 1 aromatic carbocycles. The van der Waals surface area contributed by atoms with Gasteiger partial charge in [0, 0.05) is 37.7 Å². The fourth-order valence-corrected chi connectivity index (χ4v) is 5.52. The Morgan fingerprint density at radius 1 is 1.07 bits per heavy atom. The van der Waals surface area contributed by atoms with E-state index in [0.717, 1.165) is 12.8 Å². The van der Waals surface area contributed by atoms with E-state index in [-0.39, 0.29) is 11.8 Å². The van der Waals surface area contributed by atoms with Crippen molar-refractivity contribution in [3.63, 3.8) is 0 Å². The monoisotopic (exact) mass is 431 g/mol. The van der Waals surface area contributed by atoms with Crippen LogP contribution in [-0.2, 0) is 14.8 Å². The number of hydrogen-bond acceptors (Lipinski definition) is 4. The molecule has 1 fully saturated rings. The van der Waals surface area contributed by atoms with Gasteiger partial charge in [0.1, 0.15) is 10.7 Å². The first-order valence-corrected chi connectivity index (χ1v) is 12.3. The quantitative estimate of drug-likeness (QED) is 0.726. The van der Waals surface area contributed by atoms with Crippen molar-refractivity contribution in [1.29, 1.82) is 0 Å². The first-order valence-electron chi connectivity index (χ1n) is 10.9. The topological polar surface area (TPSA) is 70.1 Å². The van der Waals surface area contributed by atoms with Gasteiger partial charge in [-0.15, -0.1) is 4.40 Å². The summed E-state index contributed by atoms with van der Waals surface area (Å²) in [5.41, 5.74) is 2.54. The molecule has 0 aliphatic carbocycles. The molecule has 2 heterocycles. The highest BCUT2D eigenvalue weighted by molar-refractivity contribution is 8.00. The molecule has 164 valence electrons. The van der Waals surface area contributed by atoms with E-state index in [4.69, 9.17) is 0 Å². The Labute approximate surface area is 180 Å². The number of benzene rings is 1. The van der Waals surface area contributed by atoms with Gasteiger partial charge < -0.3 is 9.80 Å². The summed E-state index contributed by atoms with van der Waals surface area (Å²) < 4.78 is 29.9. The molecule has 3 rings (SSSR count). The van der Waals surface area contributed by atoms with E-state index in [9.17, 15) is 13.2 Å². The molecule has 1 amide bonds. The van der Waals surface area contributed by atoms with Crippen LogP contribution in [0.2, 0.25) is 0 Å². The Hall–Kier alpha value is -2.15. The maximum absolute atomic E-state index is 12.9. The lowest BCUT2D eigenvalue weighted by molar-refractivity contribution is -0.134. The van der Waals surface area contributed by atoms with Gasteiger partial charge in [-0.05, 0) is 36.8 Å². The van der Waals surface area contributed by atoms with E-state index < -0.39 is 10.0 Å². The van der Waals surface area contributed by atoms with Gasteiger partial charge in [-0.1, -0.05) is 52.0 Å². The molecule has 0 N–H and O–H groups in total. The summed E-state index contributed by atoms with van der Waals surface area (Å²) in [6.45, 7) is 12.6. The largest absolute Gasteiger partial charge is 0.354 e. The molecule has 0 radical (unpaired) electrons. The first kappa shape index (κ1) is 22.5. The smallest absolute Gasteiger partial charge is 0.285 e. The fourth-order valence-electron chi connectivity index (χ4n) is 4.04. The predicted octanol–water partition coefficient (Wildman–Crippen LogP) is 3.86. The molecule has 7 heteroatoms. The zero-order valence-electron chi connectivity index (χ0n) is 18.7. The van der Waals surface area contributed by atoms with Crippen molar-refractivity contribution in [1.82, 2.24) is 9.80 Å². The summed E-state index contributed by atoms with van der Waals surface area (Å²) in [5, 5.41) is 0. The fraction of sp³-hybridized carbons (Fsp3) is 0.565. The van der Waals surface area contributed by atoms with Crippen LogP contribution in [0.25, 0.3) is 4.91 Å². The highest BCUT2D eigenvalue weighted by Gasteiger charge is 2.34. The lowest BCUT2D eigenvalue weighted by atomic mass is 10.0. The summed E-state index contributed by atoms with van der Waals surface area (Å²) in [7, 11) is -3.73. The van der Waals surface area contributed by atoms with Crippen LogP contribution in [0, 0.1) is 5.92 Å². The van der Waals surface area contributed by atoms with Gasteiger partial charge in [0.05, 0.1) is 0 Å². The Bertz CT molecular complexity index is 962. The van der Waals surface area contributed by atoms with Crippen LogP contribution in [-0.4, -0.2) is 56.1 Å². The third kappa shape index (κ3) is 4.46. The molecule has 0 spiro atoms. The lowest BCUT2D eigenvalue weighted by Gasteiger charge is -2.25. The molecule has 30 heavy (non-hydrogen) atoms. The van der Waals surface area contributed by atoms with Crippen LogP contribution in [0.3, 0.4) is 0 Å². The summed E-state index contributed by atoms with van der Waals surface area (Å²) in [5.74, 6) is 1.11. The van der Waals surface area contributed by atoms with E-state index in [1.807, 2.05) is 54.8 Å². The van der Waals surface area contributed by atoms with Crippen LogP contribution < -0.4 is 0 Å². The average molecular weight is 432 g/mol. The Morgan fingerprint density at radius 2 is 1.73 bits per heavy atom. The number of hydrogen-bond donors (Lipinski definition) is 0. The minimum absolute atomic E-state index is 0.0165. The number of nitrogens with zero attached hydrogens (tertiary/aromatic N) is 3. The molecule has 1 saturated heterocycles. The van der Waals surface area contributed by atoms with Crippen LogP contribution in [0.5, 0.6) is 0 Å². The number of carbonyl (C=O) groups excluding carboxylic acids is 1. The minimum atomic E-state index is -3.73. The van der Waals surface area contributed by atoms with Gasteiger partial charge in [-0.25, -0.2) is 0 Å². The zero-order chi connectivity index (χ0) is 22.1. The third-order valence-corrected chi connectivity index (χ3v) is 7.59. The van der Waals surface area contributed by atoms with E-state index in [1.165, 1.54) is 5.56 Å². The molecule has 6 nitrogen and oxygen atoms in total. The molecule has 0 aromatic heterocycles. The molecule has 1 unspecified atom stereocenters. The number of sulfonamides is 1. The van der Waals surface area contributed by atoms with Gasteiger partial charge in [0.2, 0.25) is 5.91 Å². The lowest BCUT2D eigenvalue weighted by Crippen LogP contribution is -2.39. The molecule has 0 bridgehead atoms. The molecule has 2 aliphatic heterocycles. The number of amides is 1. The van der Waals surface area contributed by atoms with Gasteiger partial charge >= 0.3 is 0 Å². The molecule has 1 aromatic rings. The van der Waals surface area contributed by atoms with Crippen LogP contribution in [0.4, 0.5) is 0 Å². The highest BCUT2D eigenvalue weighted by Crippen LogP contribution is 2.34. The predicted molar refractivity (Wildman–Crippen MR) is 122 cm³/mol. The maximum atomic E-state index is 12.9. The Kier molecular flexibility index (Phi) is 6.70. The standard InChI is InChI=1S/C23H33N3O3S/c1-6-17(4)23(27)26-13-7-12-25(14-15-26)22-18(5)21(30(28,29)24-22)20-10-8-19(9-11-20)16(2)3/h8-11,16-17H,6-7,12-15H2,1-5H3. The molecular weight excluding hydrogens is 398 g/mol. The van der Waals surface area contributed by atoms with Crippen molar-refractivity contribution in [2.45, 2.75) is 53.4 Å². The molecule has 0 saturated carbocycles. The van der Waals surface area contributed by atoms with Crippen LogP contribution >= 0.6 is 0 Å². The second-order valence-corrected chi connectivity index (χ2v) is 10.1. The third-order valence-electron chi connectivity index (χ3n) is 6.12. The minimum Gasteiger partial charge on any atom is -0.354 e. The molecular formula is C23H33N3O3S. The Morgan fingerprint density at radius 3 is 2.33 bits per heavy atom. The van der Waals surface area contributed by atoms with Crippen molar-refractivity contribution in [3.8, 4) is 0 Å². The van der Waals surface area contributed by atoms with Gasteiger partial charge in [-0.2, -0.15) is 8.42 Å². The second kappa shape index (κ2) is 8.92. The van der Waals surface area contributed by atoms with Gasteiger partial charge in [-0.3, -0.25) is 4.79 Å². The SMILES string of the molecule is CCC(C)C(=O)N1CCCN(C2=NS(=O)(=O)C(c3ccc(C(C)C)cc3)=C2C)CC1. The number of rotatable bonds is 4. The van der Waals surface area contributed by atoms with Crippen molar-refractivity contribution in [3.05, 3.63) is 41.0 Å². The zero-order valence-corrected chi connectivity index (χ0v) is 19.5. The summed E-state index contributed by atoms with van der Waals surface area (Å²) in [4.78, 5) is 16.8. The van der Waals surface area contributed by atoms with Gasteiger partial charge in [0.25, 0.3) is 10.0 Å². The first-order chi connectivity index (χ1) is 14.2. The highest BCUT2D eigenvalue weighted by atomic mass is 32.2. The van der Waals surface area contributed by atoms with Crippen molar-refractivity contribution < 1.29 is 13.2 Å². The van der Waals surface area contributed by atoms with Crippen molar-refractivity contribution in [2.24, 2.45) is 10.3 Å². The molecule has 2 aliphatic rings. The summed E-state index contributed by atoms with van der Waals surface area (Å²) >= 11 is 0. The van der Waals surface area contributed by atoms with E-state index in [0.29, 0.717) is 54.0 Å². The number of carbonyl (C=O) groups is 1.